The molecule has 2 aromatic rings. The maximum atomic E-state index is 13.3. The highest BCUT2D eigenvalue weighted by Gasteiger charge is 2.12. The number of nitrogens with two attached hydrogens (primary N) is 1. The van der Waals surface area contributed by atoms with Crippen molar-refractivity contribution in [3.63, 3.8) is 0 Å². The molecule has 20 heavy (non-hydrogen) atoms. The lowest BCUT2D eigenvalue weighted by molar-refractivity contribution is 0.102. The van der Waals surface area contributed by atoms with E-state index in [1.807, 2.05) is 6.92 Å². The topological polar surface area (TPSA) is 75.3 Å². The molecule has 4 N–H and O–H groups in total. The van der Waals surface area contributed by atoms with Crippen molar-refractivity contribution < 1.29 is 14.3 Å². The molecule has 0 aliphatic rings. The summed E-state index contributed by atoms with van der Waals surface area (Å²) in [6.45, 7) is 3.59. The van der Waals surface area contributed by atoms with Gasteiger partial charge in [-0.05, 0) is 49.2 Å². The summed E-state index contributed by atoms with van der Waals surface area (Å²) < 4.78 is 13.3. The van der Waals surface area contributed by atoms with Gasteiger partial charge < -0.3 is 16.2 Å². The number of amides is 1. The zero-order valence-electron chi connectivity index (χ0n) is 11.2. The molecule has 0 radical (unpaired) electrons. The molecule has 0 spiro atoms. The Morgan fingerprint density at radius 3 is 2.60 bits per heavy atom. The number of benzene rings is 2. The summed E-state index contributed by atoms with van der Waals surface area (Å²) in [5.74, 6) is -1.16. The minimum absolute atomic E-state index is 0.000123. The van der Waals surface area contributed by atoms with Crippen LogP contribution in [0.25, 0.3) is 0 Å². The maximum Gasteiger partial charge on any atom is 0.255 e. The lowest BCUT2D eigenvalue weighted by Gasteiger charge is -2.11. The van der Waals surface area contributed by atoms with Crippen molar-refractivity contribution in [3.8, 4) is 5.75 Å². The fourth-order valence-electron chi connectivity index (χ4n) is 1.92. The van der Waals surface area contributed by atoms with Crippen molar-refractivity contribution in [1.29, 1.82) is 0 Å². The number of rotatable bonds is 2. The highest BCUT2D eigenvalue weighted by atomic mass is 19.1. The quantitative estimate of drug-likeness (QED) is 0.582. The second-order valence-corrected chi connectivity index (χ2v) is 4.67. The number of nitrogens with one attached hydrogen (secondary N) is 1. The molecule has 0 aromatic heterocycles. The average Bonchev–Trinajstić information content (AvgIpc) is 2.38. The Labute approximate surface area is 116 Å². The number of halogens is 1. The molecule has 0 fully saturated rings. The molecule has 2 rings (SSSR count). The Kier molecular flexibility index (Phi) is 3.61. The monoisotopic (exact) mass is 274 g/mol. The van der Waals surface area contributed by atoms with Gasteiger partial charge in [0.25, 0.3) is 5.91 Å². The highest BCUT2D eigenvalue weighted by Crippen LogP contribution is 2.29. The van der Waals surface area contributed by atoms with E-state index < -0.39 is 11.7 Å². The van der Waals surface area contributed by atoms with Gasteiger partial charge in [-0.25, -0.2) is 4.39 Å². The molecule has 0 saturated carbocycles. The van der Waals surface area contributed by atoms with Gasteiger partial charge in [0.05, 0.1) is 11.4 Å². The van der Waals surface area contributed by atoms with Crippen LogP contribution in [0.15, 0.2) is 30.3 Å². The molecule has 4 nitrogen and oxygen atoms in total. The zero-order chi connectivity index (χ0) is 14.9. The Morgan fingerprint density at radius 1 is 1.25 bits per heavy atom. The lowest BCUT2D eigenvalue weighted by atomic mass is 10.1. The van der Waals surface area contributed by atoms with Crippen LogP contribution in [0.3, 0.4) is 0 Å². The molecular weight excluding hydrogens is 259 g/mol. The van der Waals surface area contributed by atoms with Crippen LogP contribution in [0.4, 0.5) is 15.8 Å². The summed E-state index contributed by atoms with van der Waals surface area (Å²) in [6.07, 6.45) is 0. The smallest absolute Gasteiger partial charge is 0.255 e. The SMILES string of the molecule is Cc1cc(C)c(O)c(NC(=O)c2ccc(N)c(F)c2)c1. The van der Waals surface area contributed by atoms with Crippen LogP contribution < -0.4 is 11.1 Å². The third kappa shape index (κ3) is 2.71. The summed E-state index contributed by atoms with van der Waals surface area (Å²) in [7, 11) is 0. The summed E-state index contributed by atoms with van der Waals surface area (Å²) in [4.78, 5) is 12.0. The third-order valence-corrected chi connectivity index (χ3v) is 2.96. The molecule has 1 amide bonds. The average molecular weight is 274 g/mol. The van der Waals surface area contributed by atoms with E-state index in [2.05, 4.69) is 5.32 Å². The van der Waals surface area contributed by atoms with E-state index in [0.29, 0.717) is 11.3 Å². The number of hydrogen-bond donors (Lipinski definition) is 3. The molecule has 0 aliphatic heterocycles. The third-order valence-electron chi connectivity index (χ3n) is 2.96. The van der Waals surface area contributed by atoms with E-state index in [0.717, 1.165) is 11.6 Å². The predicted octanol–water partition coefficient (Wildman–Crippen LogP) is 2.98. The van der Waals surface area contributed by atoms with Gasteiger partial charge in [0, 0.05) is 5.56 Å². The van der Waals surface area contributed by atoms with E-state index in [4.69, 9.17) is 5.73 Å². The first-order chi connectivity index (χ1) is 9.38. The number of aryl methyl sites for hydroxylation is 2. The van der Waals surface area contributed by atoms with E-state index in [9.17, 15) is 14.3 Å². The Hall–Kier alpha value is -2.56. The summed E-state index contributed by atoms with van der Waals surface area (Å²) in [6, 6.07) is 7.26. The first-order valence-corrected chi connectivity index (χ1v) is 6.05. The fourth-order valence-corrected chi connectivity index (χ4v) is 1.92. The molecule has 104 valence electrons. The van der Waals surface area contributed by atoms with Gasteiger partial charge in [-0.15, -0.1) is 0 Å². The largest absolute Gasteiger partial charge is 0.505 e. The van der Waals surface area contributed by atoms with E-state index in [-0.39, 0.29) is 17.0 Å². The number of phenols is 1. The van der Waals surface area contributed by atoms with Crippen molar-refractivity contribution in [1.82, 2.24) is 0 Å². The number of carbonyl (C=O) groups excluding carboxylic acids is 1. The van der Waals surface area contributed by atoms with Crippen molar-refractivity contribution in [2.45, 2.75) is 13.8 Å². The van der Waals surface area contributed by atoms with Gasteiger partial charge >= 0.3 is 0 Å². The Morgan fingerprint density at radius 2 is 1.95 bits per heavy atom. The second kappa shape index (κ2) is 5.21. The summed E-state index contributed by atoms with van der Waals surface area (Å²) in [5, 5.41) is 12.5. The van der Waals surface area contributed by atoms with Gasteiger partial charge in [-0.2, -0.15) is 0 Å². The van der Waals surface area contributed by atoms with Crippen LogP contribution in [-0.2, 0) is 0 Å². The molecule has 0 atom stereocenters. The number of carbonyl (C=O) groups is 1. The maximum absolute atomic E-state index is 13.3. The molecule has 0 bridgehead atoms. The summed E-state index contributed by atoms with van der Waals surface area (Å²) in [5.41, 5.74) is 7.33. The first kappa shape index (κ1) is 13.9. The summed E-state index contributed by atoms with van der Waals surface area (Å²) >= 11 is 0. The van der Waals surface area contributed by atoms with E-state index >= 15 is 0 Å². The van der Waals surface area contributed by atoms with Gasteiger partial charge in [0.1, 0.15) is 11.6 Å². The van der Waals surface area contributed by atoms with Crippen LogP contribution in [0.5, 0.6) is 5.75 Å². The van der Waals surface area contributed by atoms with E-state index in [1.54, 1.807) is 19.1 Å². The number of hydrogen-bond acceptors (Lipinski definition) is 3. The second-order valence-electron chi connectivity index (χ2n) is 4.67. The number of nitrogen functional groups attached to an aromatic ring is 1. The van der Waals surface area contributed by atoms with Gasteiger partial charge in [0.15, 0.2) is 0 Å². The van der Waals surface area contributed by atoms with Crippen molar-refractivity contribution in [2.24, 2.45) is 0 Å². The molecular formula is C15H15FN2O2. The number of aromatic hydroxyl groups is 1. The normalized spacial score (nSPS) is 10.3. The molecule has 0 saturated heterocycles. The van der Waals surface area contributed by atoms with Gasteiger partial charge in [-0.3, -0.25) is 4.79 Å². The molecule has 2 aromatic carbocycles. The predicted molar refractivity (Wildman–Crippen MR) is 76.3 cm³/mol. The lowest BCUT2D eigenvalue weighted by Crippen LogP contribution is -2.13. The zero-order valence-corrected chi connectivity index (χ0v) is 11.2. The minimum Gasteiger partial charge on any atom is -0.505 e. The molecule has 0 unspecified atom stereocenters. The Bertz CT molecular complexity index is 684. The molecule has 0 heterocycles. The molecule has 5 heteroatoms. The van der Waals surface area contributed by atoms with E-state index in [1.165, 1.54) is 12.1 Å². The van der Waals surface area contributed by atoms with Crippen molar-refractivity contribution in [3.05, 3.63) is 52.8 Å². The first-order valence-electron chi connectivity index (χ1n) is 6.05. The van der Waals surface area contributed by atoms with Crippen molar-refractivity contribution in [2.75, 3.05) is 11.1 Å². The van der Waals surface area contributed by atoms with Gasteiger partial charge in [-0.1, -0.05) is 6.07 Å². The minimum atomic E-state index is -0.651. The highest BCUT2D eigenvalue weighted by molar-refractivity contribution is 6.05. The van der Waals surface area contributed by atoms with Crippen LogP contribution >= 0.6 is 0 Å². The molecule has 0 aliphatic carbocycles. The van der Waals surface area contributed by atoms with Crippen LogP contribution in [0.2, 0.25) is 0 Å². The standard InChI is InChI=1S/C15H15FN2O2/c1-8-5-9(2)14(19)13(6-8)18-15(20)10-3-4-12(17)11(16)7-10/h3-7,19H,17H2,1-2H3,(H,18,20). The number of phenolic OH excluding ortho intramolecular Hbond substituents is 1. The fraction of sp³-hybridized carbons (Fsp3) is 0.133. The van der Waals surface area contributed by atoms with Crippen LogP contribution in [0.1, 0.15) is 21.5 Å². The van der Waals surface area contributed by atoms with Crippen LogP contribution in [0, 0.1) is 19.7 Å². The Balaban J connectivity index is 2.30. The van der Waals surface area contributed by atoms with Crippen LogP contribution in [-0.4, -0.2) is 11.0 Å². The number of anilines is 2. The van der Waals surface area contributed by atoms with Gasteiger partial charge in [0.2, 0.25) is 0 Å². The van der Waals surface area contributed by atoms with Crippen molar-refractivity contribution >= 4 is 17.3 Å².